The second-order valence-electron chi connectivity index (χ2n) is 16.6. The van der Waals surface area contributed by atoms with Crippen LogP contribution in [0, 0.1) is 0 Å². The number of rotatable bonds is 4. The molecular formula is C56H31N5S3. The first-order valence-corrected chi connectivity index (χ1v) is 23.8. The second kappa shape index (κ2) is 13.0. The number of hydrogen-bond donors (Lipinski definition) is 0. The molecular weight excluding hydrogens is 839 g/mol. The van der Waals surface area contributed by atoms with Gasteiger partial charge < -0.3 is 0 Å². The lowest BCUT2D eigenvalue weighted by molar-refractivity contribution is 0.956. The molecule has 0 unspecified atom stereocenters. The maximum absolute atomic E-state index is 5.39. The summed E-state index contributed by atoms with van der Waals surface area (Å²) in [5, 5.41) is 11.1. The number of aromatic nitrogens is 5. The van der Waals surface area contributed by atoms with Gasteiger partial charge in [0.1, 0.15) is 0 Å². The predicted octanol–water partition coefficient (Wildman–Crippen LogP) is 16.2. The standard InChI is InChI=1S/C56H31N5S3/c1-6-16-45-35(11-1)39-30-53-41(37-13-3-9-19-50(37)62-53)28-48(39)60(45)55-57-43-14-4-8-18-47(43)59(55)34-24-21-32(22-25-34)33-23-26-38-42-29-49-40(31-54(42)63-52(38)27-33)36-12-2-7-17-46(36)61(49)56-58-44-15-5-10-20-51(44)64-56/h1-31H. The van der Waals surface area contributed by atoms with E-state index in [2.05, 4.69) is 202 Å². The quantitative estimate of drug-likeness (QED) is 0.177. The number of thiophene rings is 2. The van der Waals surface area contributed by atoms with E-state index in [0.717, 1.165) is 44.4 Å². The van der Waals surface area contributed by atoms with Crippen molar-refractivity contribution in [1.29, 1.82) is 0 Å². The Kier molecular flexibility index (Phi) is 7.07. The second-order valence-corrected chi connectivity index (χ2v) is 19.8. The molecule has 0 spiro atoms. The van der Waals surface area contributed by atoms with Gasteiger partial charge in [-0.2, -0.15) is 0 Å². The summed E-state index contributed by atoms with van der Waals surface area (Å²) in [5.41, 5.74) is 11.2. The summed E-state index contributed by atoms with van der Waals surface area (Å²) < 4.78 is 13.4. The monoisotopic (exact) mass is 869 g/mol. The van der Waals surface area contributed by atoms with Crippen LogP contribution in [0.1, 0.15) is 0 Å². The average Bonchev–Trinajstić information content (AvgIpc) is 4.19. The van der Waals surface area contributed by atoms with E-state index in [1.807, 2.05) is 22.7 Å². The van der Waals surface area contributed by atoms with Crippen molar-refractivity contribution in [3.05, 3.63) is 188 Å². The van der Waals surface area contributed by atoms with E-state index >= 15 is 0 Å². The molecule has 15 aromatic rings. The van der Waals surface area contributed by atoms with E-state index in [9.17, 15) is 0 Å². The van der Waals surface area contributed by atoms with Crippen molar-refractivity contribution >= 4 is 139 Å². The molecule has 9 aromatic carbocycles. The molecule has 0 amide bonds. The van der Waals surface area contributed by atoms with Crippen molar-refractivity contribution < 1.29 is 0 Å². The maximum Gasteiger partial charge on any atom is 0.220 e. The topological polar surface area (TPSA) is 40.6 Å². The fourth-order valence-corrected chi connectivity index (χ4v) is 13.5. The number of hydrogen-bond acceptors (Lipinski definition) is 5. The van der Waals surface area contributed by atoms with E-state index in [1.54, 1.807) is 11.3 Å². The van der Waals surface area contributed by atoms with Crippen molar-refractivity contribution in [2.24, 2.45) is 0 Å². The highest BCUT2D eigenvalue weighted by Crippen LogP contribution is 2.44. The Bertz CT molecular complexity index is 4410. The highest BCUT2D eigenvalue weighted by atomic mass is 32.1. The highest BCUT2D eigenvalue weighted by Gasteiger charge is 2.22. The normalized spacial score (nSPS) is 12.4. The molecule has 64 heavy (non-hydrogen) atoms. The zero-order valence-electron chi connectivity index (χ0n) is 33.9. The van der Waals surface area contributed by atoms with Crippen molar-refractivity contribution in [2.45, 2.75) is 0 Å². The van der Waals surface area contributed by atoms with Gasteiger partial charge >= 0.3 is 0 Å². The van der Waals surface area contributed by atoms with Gasteiger partial charge in [0.05, 0.1) is 43.3 Å². The van der Waals surface area contributed by atoms with Gasteiger partial charge in [-0.25, -0.2) is 9.97 Å². The van der Waals surface area contributed by atoms with E-state index in [0.29, 0.717) is 0 Å². The van der Waals surface area contributed by atoms with Gasteiger partial charge in [-0.05, 0) is 96.1 Å². The van der Waals surface area contributed by atoms with Gasteiger partial charge in [0.15, 0.2) is 5.13 Å². The van der Waals surface area contributed by atoms with Crippen molar-refractivity contribution in [1.82, 2.24) is 23.7 Å². The molecule has 298 valence electrons. The molecule has 15 rings (SSSR count). The molecule has 0 bridgehead atoms. The molecule has 6 aromatic heterocycles. The smallest absolute Gasteiger partial charge is 0.220 e. The third kappa shape index (κ3) is 4.87. The van der Waals surface area contributed by atoms with Crippen LogP contribution < -0.4 is 0 Å². The van der Waals surface area contributed by atoms with Gasteiger partial charge in [0.2, 0.25) is 5.95 Å². The van der Waals surface area contributed by atoms with Gasteiger partial charge in [0, 0.05) is 67.6 Å². The number of fused-ring (bicyclic) bond motifs is 14. The van der Waals surface area contributed by atoms with Crippen LogP contribution in [0.25, 0.3) is 133 Å². The molecule has 0 aliphatic rings. The molecule has 0 atom stereocenters. The van der Waals surface area contributed by atoms with Crippen LogP contribution in [0.15, 0.2) is 188 Å². The Hall–Kier alpha value is -7.62. The Labute approximate surface area is 376 Å². The van der Waals surface area contributed by atoms with Gasteiger partial charge in [-0.3, -0.25) is 13.7 Å². The molecule has 0 aliphatic heterocycles. The minimum Gasteiger partial charge on any atom is -0.285 e. The third-order valence-corrected chi connectivity index (χ3v) is 16.4. The number of imidazole rings is 1. The first-order chi connectivity index (χ1) is 31.7. The number of benzene rings is 9. The zero-order valence-corrected chi connectivity index (χ0v) is 36.3. The summed E-state index contributed by atoms with van der Waals surface area (Å²) in [7, 11) is 0. The predicted molar refractivity (Wildman–Crippen MR) is 274 cm³/mol. The van der Waals surface area contributed by atoms with Gasteiger partial charge in [0.25, 0.3) is 0 Å². The Balaban J connectivity index is 0.866. The van der Waals surface area contributed by atoms with Crippen molar-refractivity contribution in [3.8, 4) is 27.9 Å². The third-order valence-electron chi connectivity index (χ3n) is 13.1. The lowest BCUT2D eigenvalue weighted by atomic mass is 10.0. The van der Waals surface area contributed by atoms with Gasteiger partial charge in [-0.1, -0.05) is 114 Å². The van der Waals surface area contributed by atoms with Crippen LogP contribution in [-0.4, -0.2) is 23.7 Å². The molecule has 0 aliphatic carbocycles. The molecule has 0 fully saturated rings. The van der Waals surface area contributed by atoms with E-state index in [-0.39, 0.29) is 0 Å². The molecule has 8 heteroatoms. The fraction of sp³-hybridized carbons (Fsp3) is 0. The molecule has 6 heterocycles. The summed E-state index contributed by atoms with van der Waals surface area (Å²) in [4.78, 5) is 10.5. The summed E-state index contributed by atoms with van der Waals surface area (Å²) in [5.74, 6) is 0.877. The van der Waals surface area contributed by atoms with Crippen LogP contribution >= 0.6 is 34.0 Å². The Morgan fingerprint density at radius 1 is 0.297 bits per heavy atom. The first kappa shape index (κ1) is 34.9. The summed E-state index contributed by atoms with van der Waals surface area (Å²) in [6.07, 6.45) is 0. The minimum atomic E-state index is 0.877. The largest absolute Gasteiger partial charge is 0.285 e. The molecule has 0 saturated carbocycles. The average molecular weight is 870 g/mol. The summed E-state index contributed by atoms with van der Waals surface area (Å²) >= 11 is 5.48. The van der Waals surface area contributed by atoms with E-state index in [4.69, 9.17) is 9.97 Å². The van der Waals surface area contributed by atoms with Crippen LogP contribution in [-0.2, 0) is 0 Å². The number of thiazole rings is 1. The highest BCUT2D eigenvalue weighted by molar-refractivity contribution is 7.26. The van der Waals surface area contributed by atoms with Crippen LogP contribution in [0.4, 0.5) is 0 Å². The molecule has 0 radical (unpaired) electrons. The molecule has 5 nitrogen and oxygen atoms in total. The summed E-state index contributed by atoms with van der Waals surface area (Å²) in [6.45, 7) is 0. The van der Waals surface area contributed by atoms with Crippen LogP contribution in [0.3, 0.4) is 0 Å². The lowest BCUT2D eigenvalue weighted by Gasteiger charge is -2.13. The van der Waals surface area contributed by atoms with Crippen LogP contribution in [0.2, 0.25) is 0 Å². The fourth-order valence-electron chi connectivity index (χ4n) is 10.2. The Morgan fingerprint density at radius 3 is 1.58 bits per heavy atom. The number of nitrogens with zero attached hydrogens (tertiary/aromatic N) is 5. The van der Waals surface area contributed by atoms with E-state index in [1.165, 1.54) is 88.7 Å². The van der Waals surface area contributed by atoms with E-state index < -0.39 is 0 Å². The Morgan fingerprint density at radius 2 is 0.844 bits per heavy atom. The SMILES string of the molecule is c1ccc2sc(-n3c4ccccc4c4cc5sc6cc(-c7ccc(-n8c(-n9c%10ccccc%10c%10cc%11sc%12ccccc%12c%11cc%109)nc9ccccc98)cc7)ccc6c5cc43)nc2c1. The van der Waals surface area contributed by atoms with Crippen LogP contribution in [0.5, 0.6) is 0 Å². The van der Waals surface area contributed by atoms with Gasteiger partial charge in [-0.15, -0.1) is 22.7 Å². The summed E-state index contributed by atoms with van der Waals surface area (Å²) in [6, 6.07) is 68.6. The minimum absolute atomic E-state index is 0.877. The first-order valence-electron chi connectivity index (χ1n) is 21.4. The van der Waals surface area contributed by atoms with Crippen molar-refractivity contribution in [2.75, 3.05) is 0 Å². The van der Waals surface area contributed by atoms with Crippen molar-refractivity contribution in [3.63, 3.8) is 0 Å². The molecule has 0 saturated heterocycles. The number of para-hydroxylation sites is 5. The maximum atomic E-state index is 5.39. The zero-order chi connectivity index (χ0) is 41.6. The lowest BCUT2D eigenvalue weighted by Crippen LogP contribution is -2.05. The molecule has 0 N–H and O–H groups in total.